The number of anilines is 1. The predicted octanol–water partition coefficient (Wildman–Crippen LogP) is 3.81. The molecule has 1 fully saturated rings. The molecule has 2 aliphatic rings. The van der Waals surface area contributed by atoms with Gasteiger partial charge in [-0.15, -0.1) is 0 Å². The van der Waals surface area contributed by atoms with Crippen molar-refractivity contribution in [2.45, 2.75) is 43.7 Å². The zero-order valence-electron chi connectivity index (χ0n) is 19.9. The molecule has 0 saturated carbocycles. The third kappa shape index (κ3) is 5.27. The molecule has 1 saturated heterocycles. The van der Waals surface area contributed by atoms with Crippen molar-refractivity contribution in [3.63, 3.8) is 0 Å². The topological polar surface area (TPSA) is 98.4 Å². The molecular formula is C25H26F3N5O3S. The summed E-state index contributed by atoms with van der Waals surface area (Å²) in [5, 5.41) is 9.56. The summed E-state index contributed by atoms with van der Waals surface area (Å²) in [6, 6.07) is 6.63. The minimum Gasteiger partial charge on any atom is -0.305 e. The van der Waals surface area contributed by atoms with Crippen molar-refractivity contribution in [3.05, 3.63) is 76.2 Å². The lowest BCUT2D eigenvalue weighted by molar-refractivity contribution is 0.102. The van der Waals surface area contributed by atoms with E-state index in [4.69, 9.17) is 0 Å². The van der Waals surface area contributed by atoms with E-state index in [-0.39, 0.29) is 30.9 Å². The second kappa shape index (κ2) is 10.3. The van der Waals surface area contributed by atoms with Crippen LogP contribution in [0.2, 0.25) is 0 Å². The highest BCUT2D eigenvalue weighted by Gasteiger charge is 2.32. The van der Waals surface area contributed by atoms with Gasteiger partial charge < -0.3 is 5.32 Å². The maximum absolute atomic E-state index is 14.8. The molecule has 0 radical (unpaired) electrons. The molecule has 2 aromatic carbocycles. The number of carbonyl (C=O) groups excluding carboxylic acids is 1. The van der Waals surface area contributed by atoms with Crippen molar-refractivity contribution in [1.29, 1.82) is 0 Å². The molecule has 1 aromatic heterocycles. The predicted molar refractivity (Wildman–Crippen MR) is 130 cm³/mol. The average molecular weight is 534 g/mol. The molecule has 0 atom stereocenters. The second-order valence-electron chi connectivity index (χ2n) is 9.29. The molecule has 0 bridgehead atoms. The number of H-pyrrole nitrogens is 1. The molecular weight excluding hydrogens is 507 g/mol. The molecule has 5 rings (SSSR count). The zero-order chi connectivity index (χ0) is 26.2. The summed E-state index contributed by atoms with van der Waals surface area (Å²) in [6.45, 7) is 2.07. The van der Waals surface area contributed by atoms with E-state index < -0.39 is 38.3 Å². The van der Waals surface area contributed by atoms with E-state index in [1.165, 1.54) is 6.07 Å². The third-order valence-corrected chi connectivity index (χ3v) is 8.60. The lowest BCUT2D eigenvalue weighted by atomic mass is 10.0. The maximum atomic E-state index is 14.8. The summed E-state index contributed by atoms with van der Waals surface area (Å²) in [6.07, 6.45) is 3.50. The number of likely N-dealkylation sites (tertiary alicyclic amines) is 1. The maximum Gasteiger partial charge on any atom is 0.260 e. The highest BCUT2D eigenvalue weighted by molar-refractivity contribution is 7.89. The number of amides is 1. The van der Waals surface area contributed by atoms with Gasteiger partial charge in [-0.05, 0) is 49.7 Å². The lowest BCUT2D eigenvalue weighted by Gasteiger charge is -2.27. The molecule has 0 spiro atoms. The molecule has 3 aromatic rings. The Morgan fingerprint density at radius 3 is 2.49 bits per heavy atom. The Morgan fingerprint density at radius 2 is 1.76 bits per heavy atom. The monoisotopic (exact) mass is 533 g/mol. The van der Waals surface area contributed by atoms with Crippen molar-refractivity contribution in [2.75, 3.05) is 25.0 Å². The first-order valence-corrected chi connectivity index (χ1v) is 13.5. The van der Waals surface area contributed by atoms with Crippen molar-refractivity contribution >= 4 is 21.7 Å². The van der Waals surface area contributed by atoms with E-state index in [1.807, 2.05) is 0 Å². The molecule has 196 valence electrons. The van der Waals surface area contributed by atoms with Gasteiger partial charge in [0.25, 0.3) is 5.91 Å². The summed E-state index contributed by atoms with van der Waals surface area (Å²) >= 11 is 0. The molecule has 0 aliphatic carbocycles. The summed E-state index contributed by atoms with van der Waals surface area (Å²) in [5.74, 6) is -3.27. The minimum atomic E-state index is -4.22. The summed E-state index contributed by atoms with van der Waals surface area (Å²) in [4.78, 5) is 14.9. The van der Waals surface area contributed by atoms with Crippen LogP contribution >= 0.6 is 0 Å². The van der Waals surface area contributed by atoms with Crippen LogP contribution in [-0.2, 0) is 29.5 Å². The zero-order valence-corrected chi connectivity index (χ0v) is 20.8. The number of carbonyl (C=O) groups is 1. The van der Waals surface area contributed by atoms with Crippen molar-refractivity contribution in [2.24, 2.45) is 0 Å². The van der Waals surface area contributed by atoms with Gasteiger partial charge in [0.05, 0.1) is 10.5 Å². The lowest BCUT2D eigenvalue weighted by Crippen LogP contribution is -2.36. The summed E-state index contributed by atoms with van der Waals surface area (Å²) in [5.41, 5.74) is 1.50. The number of sulfonamides is 1. The van der Waals surface area contributed by atoms with Gasteiger partial charge in [0.1, 0.15) is 17.5 Å². The van der Waals surface area contributed by atoms with Crippen LogP contribution in [0.25, 0.3) is 0 Å². The molecule has 1 amide bonds. The van der Waals surface area contributed by atoms with E-state index in [0.29, 0.717) is 29.4 Å². The minimum absolute atomic E-state index is 0.0519. The quantitative estimate of drug-likeness (QED) is 0.502. The van der Waals surface area contributed by atoms with Gasteiger partial charge >= 0.3 is 0 Å². The van der Waals surface area contributed by atoms with E-state index in [9.17, 15) is 26.4 Å². The first-order valence-electron chi connectivity index (χ1n) is 12.1. The van der Waals surface area contributed by atoms with E-state index in [2.05, 4.69) is 20.4 Å². The van der Waals surface area contributed by atoms with Crippen molar-refractivity contribution in [3.8, 4) is 0 Å². The van der Waals surface area contributed by atoms with Crippen LogP contribution in [0.1, 0.15) is 46.4 Å². The fourth-order valence-electron chi connectivity index (χ4n) is 4.89. The standard InChI is InChI=1S/C25H26F3N5O3S/c26-17-11-18(27)13-19(12-17)37(35,36)33-10-7-22-20(15-33)24(31-30-22)29-25(34)23-16(5-4-6-21(23)28)14-32-8-2-1-3-9-32/h4-6,11-13H,1-3,7-10,14-15H2,(H2,29,30,31,34). The highest BCUT2D eigenvalue weighted by Crippen LogP contribution is 2.29. The Kier molecular flexibility index (Phi) is 7.06. The van der Waals surface area contributed by atoms with Gasteiger partial charge in [0.2, 0.25) is 10.0 Å². The number of halogens is 3. The Labute approximate surface area is 212 Å². The molecule has 2 N–H and O–H groups in total. The van der Waals surface area contributed by atoms with Crippen LogP contribution in [-0.4, -0.2) is 53.4 Å². The molecule has 12 heteroatoms. The van der Waals surface area contributed by atoms with Crippen molar-refractivity contribution in [1.82, 2.24) is 19.4 Å². The van der Waals surface area contributed by atoms with E-state index >= 15 is 0 Å². The van der Waals surface area contributed by atoms with E-state index in [0.717, 1.165) is 48.8 Å². The fraction of sp³-hybridized carbons (Fsp3) is 0.360. The van der Waals surface area contributed by atoms with Gasteiger partial charge in [-0.2, -0.15) is 9.40 Å². The summed E-state index contributed by atoms with van der Waals surface area (Å²) in [7, 11) is -4.22. The molecule has 3 heterocycles. The third-order valence-electron chi connectivity index (χ3n) is 6.77. The average Bonchev–Trinajstić information content (AvgIpc) is 3.26. The number of piperidine rings is 1. The van der Waals surface area contributed by atoms with Gasteiger partial charge in [0, 0.05) is 43.4 Å². The smallest absolute Gasteiger partial charge is 0.260 e. The van der Waals surface area contributed by atoms with Crippen molar-refractivity contribution < 1.29 is 26.4 Å². The summed E-state index contributed by atoms with van der Waals surface area (Å²) < 4.78 is 69.4. The Balaban J connectivity index is 1.38. The number of hydrogen-bond donors (Lipinski definition) is 2. The van der Waals surface area contributed by atoms with Crippen LogP contribution in [0.3, 0.4) is 0 Å². The normalized spacial score (nSPS) is 16.9. The number of aromatic nitrogens is 2. The van der Waals surface area contributed by atoms with E-state index in [1.54, 1.807) is 12.1 Å². The van der Waals surface area contributed by atoms with Gasteiger partial charge in [0.15, 0.2) is 5.82 Å². The van der Waals surface area contributed by atoms with Crippen LogP contribution in [0.15, 0.2) is 41.3 Å². The Bertz CT molecular complexity index is 1420. The first kappa shape index (κ1) is 25.4. The SMILES string of the molecule is O=C(Nc1n[nH]c2c1CN(S(=O)(=O)c1cc(F)cc(F)c1)CC2)c1c(F)cccc1CN1CCCCC1. The van der Waals surface area contributed by atoms with Crippen LogP contribution in [0, 0.1) is 17.5 Å². The molecule has 0 unspecified atom stereocenters. The number of hydrogen-bond acceptors (Lipinski definition) is 5. The number of nitrogens with zero attached hydrogens (tertiary/aromatic N) is 3. The molecule has 8 nitrogen and oxygen atoms in total. The molecule has 2 aliphatic heterocycles. The first-order chi connectivity index (χ1) is 17.7. The van der Waals surface area contributed by atoms with Gasteiger partial charge in [-0.25, -0.2) is 21.6 Å². The highest BCUT2D eigenvalue weighted by atomic mass is 32.2. The molecule has 37 heavy (non-hydrogen) atoms. The van der Waals surface area contributed by atoms with Crippen LogP contribution in [0.4, 0.5) is 19.0 Å². The van der Waals surface area contributed by atoms with Crippen LogP contribution < -0.4 is 5.32 Å². The number of benzene rings is 2. The largest absolute Gasteiger partial charge is 0.305 e. The number of nitrogens with one attached hydrogen (secondary N) is 2. The van der Waals surface area contributed by atoms with Crippen LogP contribution in [0.5, 0.6) is 0 Å². The second-order valence-corrected chi connectivity index (χ2v) is 11.2. The van der Waals surface area contributed by atoms with Gasteiger partial charge in [-0.3, -0.25) is 14.8 Å². The number of rotatable bonds is 6. The fourth-order valence-corrected chi connectivity index (χ4v) is 6.34. The Morgan fingerprint density at radius 1 is 1.03 bits per heavy atom. The Hall–Kier alpha value is -3.22. The number of aromatic amines is 1. The van der Waals surface area contributed by atoms with Gasteiger partial charge in [-0.1, -0.05) is 18.6 Å². The number of fused-ring (bicyclic) bond motifs is 1.